The summed E-state index contributed by atoms with van der Waals surface area (Å²) in [5.41, 5.74) is 1.13. The summed E-state index contributed by atoms with van der Waals surface area (Å²) in [4.78, 5) is 13.8. The van der Waals surface area contributed by atoms with Crippen molar-refractivity contribution in [2.24, 2.45) is 0 Å². The molecule has 1 atom stereocenters. The number of amides is 1. The van der Waals surface area contributed by atoms with Crippen LogP contribution in [-0.2, 0) is 14.8 Å². The molecule has 0 unspecified atom stereocenters. The zero-order valence-electron chi connectivity index (χ0n) is 14.5. The number of hydrogen-bond acceptors (Lipinski definition) is 4. The van der Waals surface area contributed by atoms with E-state index < -0.39 is 16.1 Å². The summed E-state index contributed by atoms with van der Waals surface area (Å²) in [6, 6.07) is 15.3. The number of para-hydroxylation sites is 1. The van der Waals surface area contributed by atoms with Gasteiger partial charge in [0.1, 0.15) is 6.04 Å². The molecule has 134 valence electrons. The Labute approximate surface area is 153 Å². The number of nitrogens with one attached hydrogen (secondary N) is 1. The van der Waals surface area contributed by atoms with Gasteiger partial charge in [0.2, 0.25) is 15.9 Å². The van der Waals surface area contributed by atoms with Gasteiger partial charge in [-0.2, -0.15) is 0 Å². The summed E-state index contributed by atoms with van der Waals surface area (Å²) in [5, 5.41) is 2.83. The normalized spacial score (nSPS) is 12.4. The SMILES string of the molecule is CC[C@H](C(=O)Nc1cccc(SC)c1)N(c1ccccc1)S(C)(=O)=O. The molecule has 1 N–H and O–H groups in total. The van der Waals surface area contributed by atoms with Crippen LogP contribution >= 0.6 is 11.8 Å². The van der Waals surface area contributed by atoms with E-state index in [2.05, 4.69) is 5.32 Å². The molecular formula is C18H22N2O3S2. The lowest BCUT2D eigenvalue weighted by Crippen LogP contribution is -2.46. The molecule has 0 saturated heterocycles. The van der Waals surface area contributed by atoms with Gasteiger partial charge in [0.05, 0.1) is 11.9 Å². The zero-order valence-corrected chi connectivity index (χ0v) is 16.1. The second kappa shape index (κ2) is 8.40. The van der Waals surface area contributed by atoms with E-state index in [9.17, 15) is 13.2 Å². The van der Waals surface area contributed by atoms with Crippen LogP contribution in [0.3, 0.4) is 0 Å². The molecule has 1 amide bonds. The predicted molar refractivity (Wildman–Crippen MR) is 105 cm³/mol. The van der Waals surface area contributed by atoms with Crippen molar-refractivity contribution in [3.8, 4) is 0 Å². The number of sulfonamides is 1. The topological polar surface area (TPSA) is 66.5 Å². The van der Waals surface area contributed by atoms with Gasteiger partial charge in [0.25, 0.3) is 0 Å². The van der Waals surface area contributed by atoms with E-state index in [-0.39, 0.29) is 5.91 Å². The van der Waals surface area contributed by atoms with Gasteiger partial charge >= 0.3 is 0 Å². The Bertz CT molecular complexity index is 823. The number of hydrogen-bond donors (Lipinski definition) is 1. The molecule has 7 heteroatoms. The summed E-state index contributed by atoms with van der Waals surface area (Å²) in [5.74, 6) is -0.352. The van der Waals surface area contributed by atoms with Gasteiger partial charge < -0.3 is 5.32 Å². The van der Waals surface area contributed by atoms with Crippen molar-refractivity contribution in [2.75, 3.05) is 22.1 Å². The molecule has 0 saturated carbocycles. The van der Waals surface area contributed by atoms with E-state index in [0.717, 1.165) is 11.2 Å². The van der Waals surface area contributed by atoms with E-state index in [0.29, 0.717) is 17.8 Å². The number of carbonyl (C=O) groups excluding carboxylic acids is 1. The largest absolute Gasteiger partial charge is 0.324 e. The van der Waals surface area contributed by atoms with Crippen molar-refractivity contribution in [1.82, 2.24) is 0 Å². The van der Waals surface area contributed by atoms with E-state index in [1.807, 2.05) is 24.5 Å². The first-order valence-electron chi connectivity index (χ1n) is 7.86. The minimum atomic E-state index is -3.61. The maximum absolute atomic E-state index is 12.8. The molecular weight excluding hydrogens is 356 g/mol. The molecule has 0 bridgehead atoms. The third kappa shape index (κ3) is 4.99. The summed E-state index contributed by atoms with van der Waals surface area (Å²) < 4.78 is 25.8. The fourth-order valence-corrected chi connectivity index (χ4v) is 4.23. The Hall–Kier alpha value is -1.99. The monoisotopic (exact) mass is 378 g/mol. The highest BCUT2D eigenvalue weighted by Crippen LogP contribution is 2.24. The zero-order chi connectivity index (χ0) is 18.4. The fraction of sp³-hybridized carbons (Fsp3) is 0.278. The summed E-state index contributed by atoms with van der Waals surface area (Å²) in [6.07, 6.45) is 3.43. The minimum Gasteiger partial charge on any atom is -0.324 e. The lowest BCUT2D eigenvalue weighted by molar-refractivity contribution is -0.117. The van der Waals surface area contributed by atoms with E-state index in [1.54, 1.807) is 55.1 Å². The van der Waals surface area contributed by atoms with Gasteiger partial charge in [-0.15, -0.1) is 11.8 Å². The maximum Gasteiger partial charge on any atom is 0.248 e. The van der Waals surface area contributed by atoms with Gasteiger partial charge in [-0.1, -0.05) is 31.2 Å². The lowest BCUT2D eigenvalue weighted by Gasteiger charge is -2.30. The van der Waals surface area contributed by atoms with Crippen molar-refractivity contribution >= 4 is 39.1 Å². The van der Waals surface area contributed by atoms with Crippen LogP contribution in [0.15, 0.2) is 59.5 Å². The van der Waals surface area contributed by atoms with Crippen LogP contribution in [0.5, 0.6) is 0 Å². The second-order valence-electron chi connectivity index (χ2n) is 5.54. The Kier molecular flexibility index (Phi) is 6.50. The van der Waals surface area contributed by atoms with Crippen molar-refractivity contribution < 1.29 is 13.2 Å². The minimum absolute atomic E-state index is 0.352. The summed E-state index contributed by atoms with van der Waals surface area (Å²) >= 11 is 1.57. The van der Waals surface area contributed by atoms with Crippen LogP contribution < -0.4 is 9.62 Å². The first kappa shape index (κ1) is 19.3. The molecule has 5 nitrogen and oxygen atoms in total. The maximum atomic E-state index is 12.8. The fourth-order valence-electron chi connectivity index (χ4n) is 2.56. The molecule has 0 spiro atoms. The second-order valence-corrected chi connectivity index (χ2v) is 8.28. The molecule has 0 heterocycles. The number of thioether (sulfide) groups is 1. The summed E-state index contributed by atoms with van der Waals surface area (Å²) in [6.45, 7) is 1.80. The molecule has 25 heavy (non-hydrogen) atoms. The predicted octanol–water partition coefficient (Wildman–Crippen LogP) is 3.59. The van der Waals surface area contributed by atoms with E-state index in [1.165, 1.54) is 4.31 Å². The number of nitrogens with zero attached hydrogens (tertiary/aromatic N) is 1. The van der Waals surface area contributed by atoms with Crippen molar-refractivity contribution in [1.29, 1.82) is 0 Å². The molecule has 2 aromatic rings. The Morgan fingerprint density at radius 3 is 2.40 bits per heavy atom. The standard InChI is InChI=1S/C18H22N2O3S2/c1-4-17(18(21)19-14-9-8-12-16(13-14)24-2)20(25(3,22)23)15-10-6-5-7-11-15/h5-13,17H,4H2,1-3H3,(H,19,21)/t17-/m1/s1. The van der Waals surface area contributed by atoms with Gasteiger partial charge in [0.15, 0.2) is 0 Å². The van der Waals surface area contributed by atoms with Gasteiger partial charge in [-0.3, -0.25) is 9.10 Å². The highest BCUT2D eigenvalue weighted by Gasteiger charge is 2.31. The molecule has 0 fully saturated rings. The van der Waals surface area contributed by atoms with Crippen molar-refractivity contribution in [3.63, 3.8) is 0 Å². The Balaban J connectivity index is 2.32. The molecule has 0 aliphatic rings. The van der Waals surface area contributed by atoms with Crippen LogP contribution in [0.1, 0.15) is 13.3 Å². The highest BCUT2D eigenvalue weighted by molar-refractivity contribution is 7.98. The first-order valence-corrected chi connectivity index (χ1v) is 10.9. The van der Waals surface area contributed by atoms with E-state index >= 15 is 0 Å². The number of carbonyl (C=O) groups is 1. The number of rotatable bonds is 7. The highest BCUT2D eigenvalue weighted by atomic mass is 32.2. The number of benzene rings is 2. The third-order valence-electron chi connectivity index (χ3n) is 3.68. The van der Waals surface area contributed by atoms with Gasteiger partial charge in [-0.05, 0) is 43.0 Å². The smallest absolute Gasteiger partial charge is 0.248 e. The molecule has 2 aromatic carbocycles. The molecule has 0 aliphatic heterocycles. The molecule has 0 radical (unpaired) electrons. The third-order valence-corrected chi connectivity index (χ3v) is 5.58. The summed E-state index contributed by atoms with van der Waals surface area (Å²) in [7, 11) is -3.61. The van der Waals surface area contributed by atoms with Crippen LogP contribution in [0.25, 0.3) is 0 Å². The quantitative estimate of drug-likeness (QED) is 0.748. The average Bonchev–Trinajstić information content (AvgIpc) is 2.59. The molecule has 0 aromatic heterocycles. The molecule has 0 aliphatic carbocycles. The van der Waals surface area contributed by atoms with Gasteiger partial charge in [0, 0.05) is 10.6 Å². The first-order chi connectivity index (χ1) is 11.9. The van der Waals surface area contributed by atoms with Crippen LogP contribution in [0, 0.1) is 0 Å². The van der Waals surface area contributed by atoms with Crippen molar-refractivity contribution in [3.05, 3.63) is 54.6 Å². The van der Waals surface area contributed by atoms with Crippen LogP contribution in [0.2, 0.25) is 0 Å². The van der Waals surface area contributed by atoms with E-state index in [4.69, 9.17) is 0 Å². The average molecular weight is 379 g/mol. The van der Waals surface area contributed by atoms with Gasteiger partial charge in [-0.25, -0.2) is 8.42 Å². The van der Waals surface area contributed by atoms with Crippen molar-refractivity contribution in [2.45, 2.75) is 24.3 Å². The van der Waals surface area contributed by atoms with Crippen LogP contribution in [-0.4, -0.2) is 32.9 Å². The lowest BCUT2D eigenvalue weighted by atomic mass is 10.2. The molecule has 2 rings (SSSR count). The Morgan fingerprint density at radius 2 is 1.84 bits per heavy atom. The number of anilines is 2. The van der Waals surface area contributed by atoms with Crippen LogP contribution in [0.4, 0.5) is 11.4 Å². The Morgan fingerprint density at radius 1 is 1.16 bits per heavy atom.